The van der Waals surface area contributed by atoms with Crippen LogP contribution in [0.4, 0.5) is 0 Å². The number of piperidine rings is 1. The van der Waals surface area contributed by atoms with Gasteiger partial charge in [0.25, 0.3) is 0 Å². The third-order valence-electron chi connectivity index (χ3n) is 2.55. The van der Waals surface area contributed by atoms with E-state index >= 15 is 0 Å². The number of hydrogen-bond donors (Lipinski definition) is 1. The maximum atomic E-state index is 6.04. The van der Waals surface area contributed by atoms with Crippen molar-refractivity contribution in [2.75, 3.05) is 13.1 Å². The first-order valence-electron chi connectivity index (χ1n) is 5.19. The van der Waals surface area contributed by atoms with E-state index < -0.39 is 0 Å². The summed E-state index contributed by atoms with van der Waals surface area (Å²) in [5.41, 5.74) is 0. The molecule has 0 atom stereocenters. The van der Waals surface area contributed by atoms with Crippen LogP contribution in [0.1, 0.15) is 12.8 Å². The molecule has 0 amide bonds. The third kappa shape index (κ3) is 2.95. The lowest BCUT2D eigenvalue weighted by Crippen LogP contribution is -2.34. The van der Waals surface area contributed by atoms with Crippen molar-refractivity contribution in [2.24, 2.45) is 0 Å². The molecule has 0 aromatic heterocycles. The van der Waals surface area contributed by atoms with Crippen LogP contribution in [0.25, 0.3) is 0 Å². The molecule has 0 unspecified atom stereocenters. The summed E-state index contributed by atoms with van der Waals surface area (Å²) in [6, 6.07) is 3.29. The molecule has 2 nitrogen and oxygen atoms in total. The normalized spacial score (nSPS) is 17.4. The molecule has 1 aliphatic heterocycles. The maximum absolute atomic E-state index is 6.04. The minimum Gasteiger partial charge on any atom is -0.489 e. The fourth-order valence-electron chi connectivity index (χ4n) is 1.69. The fraction of sp³-hybridized carbons (Fsp3) is 0.455. The quantitative estimate of drug-likeness (QED) is 0.833. The Morgan fingerprint density at radius 3 is 2.31 bits per heavy atom. The Bertz CT molecular complexity index is 378. The van der Waals surface area contributed by atoms with Crippen LogP contribution in [0.15, 0.2) is 12.1 Å². The van der Waals surface area contributed by atoms with Crippen molar-refractivity contribution in [1.29, 1.82) is 0 Å². The summed E-state index contributed by atoms with van der Waals surface area (Å²) in [6.07, 6.45) is 2.17. The first kappa shape index (κ1) is 12.3. The first-order valence-corrected chi connectivity index (χ1v) is 6.32. The third-order valence-corrected chi connectivity index (χ3v) is 3.57. The number of rotatable bonds is 2. The highest BCUT2D eigenvalue weighted by atomic mass is 35.5. The van der Waals surface area contributed by atoms with Gasteiger partial charge in [0.05, 0.1) is 15.1 Å². The standard InChI is InChI=1S/C11H12Cl3NO/c12-8-5-10(14)11(6-9(8)13)16-7-1-3-15-4-2-7/h5-7,15H,1-4H2. The molecule has 1 saturated heterocycles. The molecule has 1 N–H and O–H groups in total. The summed E-state index contributed by atoms with van der Waals surface area (Å²) in [5.74, 6) is 0.614. The van der Waals surface area contributed by atoms with E-state index in [0.717, 1.165) is 25.9 Å². The molecule has 0 bridgehead atoms. The summed E-state index contributed by atoms with van der Waals surface area (Å²) < 4.78 is 5.81. The van der Waals surface area contributed by atoms with Crippen LogP contribution in [0.5, 0.6) is 5.75 Å². The molecule has 88 valence electrons. The average molecular weight is 281 g/mol. The van der Waals surface area contributed by atoms with Crippen molar-refractivity contribution in [3.05, 3.63) is 27.2 Å². The van der Waals surface area contributed by atoms with Crippen LogP contribution in [0.3, 0.4) is 0 Å². The smallest absolute Gasteiger partial charge is 0.139 e. The minimum absolute atomic E-state index is 0.205. The highest BCUT2D eigenvalue weighted by Crippen LogP contribution is 2.34. The summed E-state index contributed by atoms with van der Waals surface area (Å²) in [6.45, 7) is 1.95. The van der Waals surface area contributed by atoms with Crippen LogP contribution in [0.2, 0.25) is 15.1 Å². The molecule has 1 aromatic carbocycles. The van der Waals surface area contributed by atoms with Gasteiger partial charge >= 0.3 is 0 Å². The van der Waals surface area contributed by atoms with Gasteiger partial charge in [-0.05, 0) is 32.0 Å². The molecule has 2 rings (SSSR count). The molecule has 0 aliphatic carbocycles. The van der Waals surface area contributed by atoms with Crippen molar-refractivity contribution in [2.45, 2.75) is 18.9 Å². The molecule has 1 aromatic rings. The van der Waals surface area contributed by atoms with Crippen LogP contribution < -0.4 is 10.1 Å². The summed E-state index contributed by atoms with van der Waals surface area (Å²) >= 11 is 17.8. The molecule has 1 fully saturated rings. The second kappa shape index (κ2) is 5.46. The van der Waals surface area contributed by atoms with Crippen LogP contribution in [-0.2, 0) is 0 Å². The van der Waals surface area contributed by atoms with E-state index in [1.807, 2.05) is 0 Å². The molecule has 0 radical (unpaired) electrons. The van der Waals surface area contributed by atoms with E-state index in [4.69, 9.17) is 39.5 Å². The van der Waals surface area contributed by atoms with Gasteiger partial charge < -0.3 is 10.1 Å². The molecule has 1 heterocycles. The van der Waals surface area contributed by atoms with Gasteiger partial charge in [0.2, 0.25) is 0 Å². The van der Waals surface area contributed by atoms with Crippen molar-refractivity contribution in [3.63, 3.8) is 0 Å². The number of ether oxygens (including phenoxy) is 1. The highest BCUT2D eigenvalue weighted by Gasteiger charge is 2.16. The average Bonchev–Trinajstić information content (AvgIpc) is 2.27. The Kier molecular flexibility index (Phi) is 4.20. The molecule has 16 heavy (non-hydrogen) atoms. The highest BCUT2D eigenvalue weighted by molar-refractivity contribution is 6.43. The first-order chi connectivity index (χ1) is 7.66. The second-order valence-corrected chi connectivity index (χ2v) is 4.99. The molecular weight excluding hydrogens is 268 g/mol. The molecule has 0 saturated carbocycles. The fourth-order valence-corrected chi connectivity index (χ4v) is 2.27. The number of hydrogen-bond acceptors (Lipinski definition) is 2. The SMILES string of the molecule is Clc1cc(Cl)c(OC2CCNCC2)cc1Cl. The topological polar surface area (TPSA) is 21.3 Å². The number of nitrogens with one attached hydrogen (secondary N) is 1. The Balaban J connectivity index is 2.11. The van der Waals surface area contributed by atoms with Gasteiger partial charge in [-0.3, -0.25) is 0 Å². The Hall–Kier alpha value is -0.150. The van der Waals surface area contributed by atoms with Gasteiger partial charge in [-0.1, -0.05) is 34.8 Å². The van der Waals surface area contributed by atoms with Gasteiger partial charge in [-0.15, -0.1) is 0 Å². The van der Waals surface area contributed by atoms with E-state index in [9.17, 15) is 0 Å². The lowest BCUT2D eigenvalue weighted by atomic mass is 10.1. The van der Waals surface area contributed by atoms with E-state index in [-0.39, 0.29) is 6.10 Å². The Morgan fingerprint density at radius 1 is 1.00 bits per heavy atom. The van der Waals surface area contributed by atoms with Crippen molar-refractivity contribution < 1.29 is 4.74 Å². The molecule has 1 aliphatic rings. The van der Waals surface area contributed by atoms with Gasteiger partial charge in [-0.2, -0.15) is 0 Å². The number of halogens is 3. The zero-order valence-electron chi connectivity index (χ0n) is 8.60. The zero-order chi connectivity index (χ0) is 11.5. The minimum atomic E-state index is 0.205. The largest absolute Gasteiger partial charge is 0.489 e. The lowest BCUT2D eigenvalue weighted by molar-refractivity contribution is 0.162. The summed E-state index contributed by atoms with van der Waals surface area (Å²) in [5, 5.41) is 4.70. The van der Waals surface area contributed by atoms with Crippen molar-refractivity contribution >= 4 is 34.8 Å². The lowest BCUT2D eigenvalue weighted by Gasteiger charge is -2.24. The monoisotopic (exact) mass is 279 g/mol. The van der Waals surface area contributed by atoms with Crippen LogP contribution in [-0.4, -0.2) is 19.2 Å². The van der Waals surface area contributed by atoms with E-state index in [2.05, 4.69) is 5.32 Å². The van der Waals surface area contributed by atoms with E-state index in [1.54, 1.807) is 12.1 Å². The van der Waals surface area contributed by atoms with E-state index in [1.165, 1.54) is 0 Å². The van der Waals surface area contributed by atoms with Gasteiger partial charge in [-0.25, -0.2) is 0 Å². The van der Waals surface area contributed by atoms with E-state index in [0.29, 0.717) is 20.8 Å². The second-order valence-electron chi connectivity index (χ2n) is 3.76. The van der Waals surface area contributed by atoms with Crippen LogP contribution in [0, 0.1) is 0 Å². The summed E-state index contributed by atoms with van der Waals surface area (Å²) in [4.78, 5) is 0. The Labute approximate surface area is 110 Å². The van der Waals surface area contributed by atoms with Crippen molar-refractivity contribution in [1.82, 2.24) is 5.32 Å². The molecular formula is C11H12Cl3NO. The van der Waals surface area contributed by atoms with Gasteiger partial charge in [0, 0.05) is 6.07 Å². The zero-order valence-corrected chi connectivity index (χ0v) is 10.9. The predicted octanol–water partition coefficient (Wildman–Crippen LogP) is 3.78. The molecule has 5 heteroatoms. The Morgan fingerprint density at radius 2 is 1.62 bits per heavy atom. The summed E-state index contributed by atoms with van der Waals surface area (Å²) in [7, 11) is 0. The maximum Gasteiger partial charge on any atom is 0.139 e. The van der Waals surface area contributed by atoms with Crippen molar-refractivity contribution in [3.8, 4) is 5.75 Å². The van der Waals surface area contributed by atoms with Gasteiger partial charge in [0.15, 0.2) is 0 Å². The predicted molar refractivity (Wildman–Crippen MR) is 68.0 cm³/mol. The molecule has 0 spiro atoms. The van der Waals surface area contributed by atoms with Crippen LogP contribution >= 0.6 is 34.8 Å². The number of benzene rings is 1. The van der Waals surface area contributed by atoms with Gasteiger partial charge in [0.1, 0.15) is 11.9 Å².